The van der Waals surface area contributed by atoms with Gasteiger partial charge in [0.2, 0.25) is 0 Å². The molecule has 0 rings (SSSR count). The number of hydrogen-bond donors (Lipinski definition) is 0. The average Bonchev–Trinajstić information content (AvgIpc) is 2.27. The van der Waals surface area contributed by atoms with Crippen molar-refractivity contribution in [2.75, 3.05) is 27.8 Å². The molecule has 0 radical (unpaired) electrons. The van der Waals surface area contributed by atoms with Crippen LogP contribution in [0.3, 0.4) is 0 Å². The van der Waals surface area contributed by atoms with Crippen molar-refractivity contribution in [1.82, 2.24) is 4.90 Å². The largest absolute Gasteiger partial charge is 0.337 e. The van der Waals surface area contributed by atoms with Crippen molar-refractivity contribution in [3.05, 3.63) is 0 Å². The molecule has 1 nitrogen and oxygen atoms in total. The van der Waals surface area contributed by atoms with Crippen molar-refractivity contribution in [3.63, 3.8) is 0 Å². The molecule has 0 aromatic heterocycles. The lowest BCUT2D eigenvalue weighted by molar-refractivity contribution is -0.218. The molecule has 0 N–H and O–H groups in total. The predicted octanol–water partition coefficient (Wildman–Crippen LogP) is 5.19. The van der Waals surface area contributed by atoms with E-state index in [4.69, 9.17) is 0 Å². The van der Waals surface area contributed by atoms with Crippen LogP contribution in [0.4, 0.5) is 22.0 Å². The highest BCUT2D eigenvalue weighted by Crippen LogP contribution is 2.38. The summed E-state index contributed by atoms with van der Waals surface area (Å²) in [6.45, 7) is -0.333. The highest BCUT2D eigenvalue weighted by Gasteiger charge is 2.55. The van der Waals surface area contributed by atoms with E-state index < -0.39 is 24.9 Å². The molecule has 0 fully saturated rings. The summed E-state index contributed by atoms with van der Waals surface area (Å²) in [4.78, 5) is 2.00. The molecule has 0 saturated heterocycles. The van der Waals surface area contributed by atoms with Gasteiger partial charge in [0.25, 0.3) is 0 Å². The minimum Gasteiger partial charge on any atom is -0.312 e. The van der Waals surface area contributed by atoms with E-state index in [-0.39, 0.29) is 18.8 Å². The van der Waals surface area contributed by atoms with Gasteiger partial charge in [0.05, 0.1) is 0 Å². The van der Waals surface area contributed by atoms with Gasteiger partial charge in [0, 0.05) is 6.42 Å². The van der Waals surface area contributed by atoms with Gasteiger partial charge in [-0.2, -0.15) is 17.6 Å². The Morgan fingerprint density at radius 1 is 0.800 bits per heavy atom. The Morgan fingerprint density at radius 3 is 1.55 bits per heavy atom. The second-order valence-electron chi connectivity index (χ2n) is 5.05. The number of halogens is 6. The average molecular weight is 328 g/mol. The van der Waals surface area contributed by atoms with E-state index in [0.717, 1.165) is 19.3 Å². The lowest BCUT2D eigenvalue weighted by Gasteiger charge is -2.23. The van der Waals surface area contributed by atoms with Gasteiger partial charge in [-0.05, 0) is 27.6 Å². The van der Waals surface area contributed by atoms with E-state index in [1.807, 2.05) is 33.0 Å². The predicted molar refractivity (Wildman–Crippen MR) is 76.1 cm³/mol. The Hall–Kier alpha value is -0.100. The molecule has 0 amide bonds. The first kappa shape index (κ1) is 24.9. The second-order valence-corrected chi connectivity index (χ2v) is 5.05. The third kappa shape index (κ3) is 12.9. The Kier molecular flexibility index (Phi) is 15.7. The van der Waals surface area contributed by atoms with Gasteiger partial charge >= 0.3 is 11.8 Å². The molecule has 0 saturated carbocycles. The van der Waals surface area contributed by atoms with E-state index in [9.17, 15) is 22.0 Å². The number of hydrogen-bond acceptors (Lipinski definition) is 1. The van der Waals surface area contributed by atoms with Crippen LogP contribution in [0.1, 0.15) is 45.4 Å². The van der Waals surface area contributed by atoms with Gasteiger partial charge in [-0.3, -0.25) is 0 Å². The highest BCUT2D eigenvalue weighted by molar-refractivity contribution is 5.85. The lowest BCUT2D eigenvalue weighted by atomic mass is 10.0. The number of alkyl halides is 5. The van der Waals surface area contributed by atoms with Crippen LogP contribution >= 0.6 is 12.4 Å². The molecule has 0 atom stereocenters. The minimum atomic E-state index is -4.52. The van der Waals surface area contributed by atoms with Crippen LogP contribution in [0, 0.1) is 0 Å². The van der Waals surface area contributed by atoms with E-state index >= 15 is 0 Å². The topological polar surface area (TPSA) is 3.24 Å². The van der Waals surface area contributed by atoms with Gasteiger partial charge in [-0.15, -0.1) is 12.4 Å². The molecule has 0 spiro atoms. The fourth-order valence-electron chi connectivity index (χ4n) is 1.23. The maximum absolute atomic E-state index is 12.7. The van der Waals surface area contributed by atoms with E-state index in [1.165, 1.54) is 0 Å². The molecule has 0 unspecified atom stereocenters. The molecule has 0 aliphatic carbocycles. The van der Waals surface area contributed by atoms with Crippen molar-refractivity contribution in [3.8, 4) is 0 Å². The van der Waals surface area contributed by atoms with Crippen LogP contribution in [0.5, 0.6) is 0 Å². The molecular weight excluding hydrogens is 301 g/mol. The quantitative estimate of drug-likeness (QED) is 0.438. The van der Waals surface area contributed by atoms with Gasteiger partial charge < -0.3 is 4.90 Å². The zero-order valence-electron chi connectivity index (χ0n) is 12.7. The monoisotopic (exact) mass is 327 g/mol. The first-order valence-corrected chi connectivity index (χ1v) is 6.53. The lowest BCUT2D eigenvalue weighted by Crippen LogP contribution is -2.42. The fraction of sp³-hybridized carbons (Fsp3) is 1.00. The molecular formula is C13H27ClF5N. The van der Waals surface area contributed by atoms with Gasteiger partial charge in [-0.25, -0.2) is 4.39 Å². The fourth-order valence-corrected chi connectivity index (χ4v) is 1.23. The van der Waals surface area contributed by atoms with Gasteiger partial charge in [0.15, 0.2) is 6.67 Å². The maximum Gasteiger partial charge on any atom is 0.337 e. The number of nitrogens with zero attached hydrogens (tertiary/aromatic N) is 1. The summed E-state index contributed by atoms with van der Waals surface area (Å²) < 4.78 is 61.9. The normalized spacial score (nSPS) is 11.7. The molecule has 20 heavy (non-hydrogen) atoms. The van der Waals surface area contributed by atoms with E-state index in [0.29, 0.717) is 6.42 Å². The van der Waals surface area contributed by atoms with E-state index in [2.05, 4.69) is 0 Å². The van der Waals surface area contributed by atoms with Crippen LogP contribution in [0.15, 0.2) is 0 Å². The molecule has 0 aliphatic heterocycles. The smallest absolute Gasteiger partial charge is 0.312 e. The highest BCUT2D eigenvalue weighted by atomic mass is 35.5. The third-order valence-corrected chi connectivity index (χ3v) is 2.30. The summed E-state index contributed by atoms with van der Waals surface area (Å²) in [5, 5.41) is 0. The maximum atomic E-state index is 12.7. The number of unbranched alkanes of at least 4 members (excludes halogenated alkanes) is 4. The standard InChI is InChI=1S/C10H17F5.C3H9N.ClH/c1-2-3-4-5-6-7-9(12,13)10(14,15)8-11;1-4(2)3;/h2-8H2,1H3;1-3H3;1H. The second kappa shape index (κ2) is 12.6. The van der Waals surface area contributed by atoms with Crippen molar-refractivity contribution >= 4 is 12.4 Å². The Morgan fingerprint density at radius 2 is 1.20 bits per heavy atom. The summed E-state index contributed by atoms with van der Waals surface area (Å²) in [6, 6.07) is 0. The molecule has 0 aliphatic rings. The minimum absolute atomic E-state index is 0. The Bertz CT molecular complexity index is 210. The summed E-state index contributed by atoms with van der Waals surface area (Å²) in [5.74, 6) is -8.73. The first-order valence-electron chi connectivity index (χ1n) is 6.53. The molecule has 0 bridgehead atoms. The molecule has 0 heterocycles. The Labute approximate surface area is 125 Å². The summed E-state index contributed by atoms with van der Waals surface area (Å²) in [6.07, 6.45) is 2.19. The molecule has 0 aromatic rings. The van der Waals surface area contributed by atoms with E-state index in [1.54, 1.807) is 0 Å². The molecule has 7 heteroatoms. The summed E-state index contributed by atoms with van der Waals surface area (Å²) >= 11 is 0. The van der Waals surface area contributed by atoms with Crippen molar-refractivity contribution in [1.29, 1.82) is 0 Å². The zero-order chi connectivity index (χ0) is 15.5. The summed E-state index contributed by atoms with van der Waals surface area (Å²) in [7, 11) is 6.00. The molecule has 126 valence electrons. The first-order chi connectivity index (χ1) is 8.60. The van der Waals surface area contributed by atoms with Gasteiger partial charge in [0.1, 0.15) is 0 Å². The zero-order valence-corrected chi connectivity index (χ0v) is 13.5. The van der Waals surface area contributed by atoms with Crippen molar-refractivity contribution in [2.45, 2.75) is 57.3 Å². The van der Waals surface area contributed by atoms with Crippen molar-refractivity contribution < 1.29 is 22.0 Å². The van der Waals surface area contributed by atoms with Gasteiger partial charge in [-0.1, -0.05) is 32.6 Å². The SMILES string of the molecule is CCCCCCCC(F)(F)C(F)(F)CF.CN(C)C.Cl. The van der Waals surface area contributed by atoms with Crippen molar-refractivity contribution in [2.24, 2.45) is 0 Å². The number of rotatable bonds is 8. The van der Waals surface area contributed by atoms with Crippen LogP contribution in [0.2, 0.25) is 0 Å². The van der Waals surface area contributed by atoms with Crippen LogP contribution in [-0.2, 0) is 0 Å². The Balaban J connectivity index is -0.000000508. The van der Waals surface area contributed by atoms with Crippen LogP contribution in [-0.4, -0.2) is 44.6 Å². The van der Waals surface area contributed by atoms with Crippen LogP contribution in [0.25, 0.3) is 0 Å². The van der Waals surface area contributed by atoms with Crippen LogP contribution < -0.4 is 0 Å². The summed E-state index contributed by atoms with van der Waals surface area (Å²) in [5.41, 5.74) is 0. The molecule has 0 aromatic carbocycles. The third-order valence-electron chi connectivity index (χ3n) is 2.30.